The van der Waals surface area contributed by atoms with Gasteiger partial charge in [0.15, 0.2) is 16.7 Å². The van der Waals surface area contributed by atoms with Crippen molar-refractivity contribution in [3.05, 3.63) is 77.7 Å². The number of nitrogens with one attached hydrogen (secondary N) is 2. The molecule has 2 atom stereocenters. The predicted octanol–water partition coefficient (Wildman–Crippen LogP) is 3.89. The van der Waals surface area contributed by atoms with Gasteiger partial charge in [-0.2, -0.15) is 4.99 Å². The predicted molar refractivity (Wildman–Crippen MR) is 157 cm³/mol. The van der Waals surface area contributed by atoms with Gasteiger partial charge in [0, 0.05) is 18.5 Å². The lowest BCUT2D eigenvalue weighted by Crippen LogP contribution is -2.45. The summed E-state index contributed by atoms with van der Waals surface area (Å²) in [5.74, 6) is 1.78. The summed E-state index contributed by atoms with van der Waals surface area (Å²) in [6, 6.07) is 15.8. The molecule has 2 aromatic carbocycles. The SMILES string of the molecule is CCC(SC1=Nc2ccccc2C2=NC(=O)C(CCC(=O)NCc3ccc4c(c3)OCO4)N12)C(=O)NCc1ccco1. The van der Waals surface area contributed by atoms with Gasteiger partial charge < -0.3 is 24.5 Å². The van der Waals surface area contributed by atoms with Crippen LogP contribution in [-0.4, -0.2) is 51.7 Å². The molecule has 0 fully saturated rings. The fraction of sp³-hybridized carbons (Fsp3) is 0.300. The molecular formula is C30H29N5O6S. The van der Waals surface area contributed by atoms with Crippen LogP contribution >= 0.6 is 11.8 Å². The standard InChI is InChI=1S/C30H29N5O6S/c1-2-25(29(38)32-16-19-6-5-13-39-19)42-30-33-21-8-4-3-7-20(21)27-34-28(37)22(35(27)30)10-12-26(36)31-15-18-9-11-23-24(14-18)41-17-40-23/h3-9,11,13-14,22,25H,2,10,12,15-17H2,1H3,(H,31,36)(H,32,38). The van der Waals surface area contributed by atoms with Crippen molar-refractivity contribution in [1.82, 2.24) is 15.5 Å². The number of hydrogen-bond acceptors (Lipinski definition) is 9. The van der Waals surface area contributed by atoms with E-state index in [1.807, 2.05) is 49.4 Å². The fourth-order valence-electron chi connectivity index (χ4n) is 4.92. The van der Waals surface area contributed by atoms with Gasteiger partial charge in [-0.05, 0) is 54.8 Å². The average Bonchev–Trinajstić information content (AvgIpc) is 3.76. The number of thioether (sulfide) groups is 1. The van der Waals surface area contributed by atoms with Gasteiger partial charge in [0.1, 0.15) is 17.6 Å². The topological polar surface area (TPSA) is 135 Å². The lowest BCUT2D eigenvalue weighted by atomic mass is 10.1. The maximum absolute atomic E-state index is 13.2. The number of amides is 3. The summed E-state index contributed by atoms with van der Waals surface area (Å²) in [6.45, 7) is 2.70. The van der Waals surface area contributed by atoms with Gasteiger partial charge in [0.05, 0.1) is 23.7 Å². The zero-order valence-corrected chi connectivity index (χ0v) is 23.7. The molecular weight excluding hydrogens is 558 g/mol. The minimum atomic E-state index is -0.709. The maximum atomic E-state index is 13.2. The van der Waals surface area contributed by atoms with E-state index < -0.39 is 11.3 Å². The van der Waals surface area contributed by atoms with Crippen molar-refractivity contribution in [2.24, 2.45) is 9.98 Å². The fourth-order valence-corrected chi connectivity index (χ4v) is 6.01. The maximum Gasteiger partial charge on any atom is 0.270 e. The van der Waals surface area contributed by atoms with E-state index in [2.05, 4.69) is 15.6 Å². The molecule has 11 nitrogen and oxygen atoms in total. The van der Waals surface area contributed by atoms with Crippen molar-refractivity contribution in [3.8, 4) is 11.5 Å². The summed E-state index contributed by atoms with van der Waals surface area (Å²) in [6.07, 6.45) is 2.45. The summed E-state index contributed by atoms with van der Waals surface area (Å²) in [5.41, 5.74) is 2.29. The number of amidine groups is 2. The molecule has 0 radical (unpaired) electrons. The van der Waals surface area contributed by atoms with Crippen LogP contribution in [0.25, 0.3) is 0 Å². The molecule has 12 heteroatoms. The van der Waals surface area contributed by atoms with Crippen LogP contribution in [0.3, 0.4) is 0 Å². The summed E-state index contributed by atoms with van der Waals surface area (Å²) in [7, 11) is 0. The van der Waals surface area contributed by atoms with Gasteiger partial charge in [-0.25, -0.2) is 4.99 Å². The van der Waals surface area contributed by atoms with Crippen LogP contribution in [0.5, 0.6) is 11.5 Å². The van der Waals surface area contributed by atoms with E-state index in [-0.39, 0.29) is 43.9 Å². The lowest BCUT2D eigenvalue weighted by molar-refractivity contribution is -0.123. The van der Waals surface area contributed by atoms with Crippen LogP contribution in [0.4, 0.5) is 5.69 Å². The van der Waals surface area contributed by atoms with E-state index in [1.165, 1.54) is 11.8 Å². The minimum absolute atomic E-state index is 0.112. The molecule has 3 aliphatic rings. The van der Waals surface area contributed by atoms with Crippen molar-refractivity contribution in [1.29, 1.82) is 0 Å². The zero-order valence-electron chi connectivity index (χ0n) is 22.9. The Balaban J connectivity index is 1.14. The molecule has 0 saturated carbocycles. The average molecular weight is 588 g/mol. The zero-order chi connectivity index (χ0) is 29.1. The molecule has 0 saturated heterocycles. The first kappa shape index (κ1) is 27.6. The van der Waals surface area contributed by atoms with Gasteiger partial charge >= 0.3 is 0 Å². The molecule has 42 heavy (non-hydrogen) atoms. The quantitative estimate of drug-likeness (QED) is 0.365. The number of hydrogen-bond donors (Lipinski definition) is 2. The number of para-hydroxylation sites is 1. The molecule has 0 spiro atoms. The van der Waals surface area contributed by atoms with Crippen molar-refractivity contribution < 1.29 is 28.3 Å². The molecule has 1 aromatic heterocycles. The minimum Gasteiger partial charge on any atom is -0.467 e. The van der Waals surface area contributed by atoms with Crippen LogP contribution in [0.2, 0.25) is 0 Å². The number of furan rings is 1. The second-order valence-corrected chi connectivity index (χ2v) is 11.1. The van der Waals surface area contributed by atoms with Crippen molar-refractivity contribution in [2.75, 3.05) is 6.79 Å². The van der Waals surface area contributed by atoms with E-state index >= 15 is 0 Å². The molecule has 3 amide bonds. The Bertz CT molecular complexity index is 1570. The number of fused-ring (bicyclic) bond motifs is 4. The molecule has 216 valence electrons. The van der Waals surface area contributed by atoms with Crippen LogP contribution in [-0.2, 0) is 27.5 Å². The second-order valence-electron chi connectivity index (χ2n) is 9.89. The molecule has 3 aliphatic heterocycles. The summed E-state index contributed by atoms with van der Waals surface area (Å²) < 4.78 is 16.1. The Morgan fingerprint density at radius 3 is 2.74 bits per heavy atom. The van der Waals surface area contributed by atoms with Gasteiger partial charge in [-0.3, -0.25) is 19.3 Å². The second kappa shape index (κ2) is 12.1. The van der Waals surface area contributed by atoms with Crippen LogP contribution in [0.15, 0.2) is 75.3 Å². The van der Waals surface area contributed by atoms with Gasteiger partial charge in [-0.1, -0.05) is 36.9 Å². The lowest BCUT2D eigenvalue weighted by Gasteiger charge is -2.32. The highest BCUT2D eigenvalue weighted by Gasteiger charge is 2.42. The molecule has 6 rings (SSSR count). The highest BCUT2D eigenvalue weighted by atomic mass is 32.2. The smallest absolute Gasteiger partial charge is 0.270 e. The normalized spacial score (nSPS) is 17.2. The number of nitrogens with zero attached hydrogens (tertiary/aromatic N) is 3. The number of carbonyl (C=O) groups is 3. The van der Waals surface area contributed by atoms with E-state index in [1.54, 1.807) is 23.3 Å². The highest BCUT2D eigenvalue weighted by molar-refractivity contribution is 8.15. The number of aliphatic imine (C=N–C) groups is 2. The largest absolute Gasteiger partial charge is 0.467 e. The Kier molecular flexibility index (Phi) is 7.95. The van der Waals surface area contributed by atoms with E-state index in [9.17, 15) is 14.4 Å². The van der Waals surface area contributed by atoms with Gasteiger partial charge in [0.25, 0.3) is 5.91 Å². The van der Waals surface area contributed by atoms with Crippen molar-refractivity contribution in [3.63, 3.8) is 0 Å². The molecule has 3 aromatic rings. The van der Waals surface area contributed by atoms with E-state index in [0.29, 0.717) is 46.9 Å². The number of ether oxygens (including phenoxy) is 2. The first-order chi connectivity index (χ1) is 20.5. The third-order valence-electron chi connectivity index (χ3n) is 7.11. The highest BCUT2D eigenvalue weighted by Crippen LogP contribution is 2.37. The van der Waals surface area contributed by atoms with Gasteiger partial charge in [-0.15, -0.1) is 0 Å². The van der Waals surface area contributed by atoms with Gasteiger partial charge in [0.2, 0.25) is 18.6 Å². The Morgan fingerprint density at radius 2 is 1.90 bits per heavy atom. The molecule has 4 heterocycles. The number of carbonyl (C=O) groups excluding carboxylic acids is 3. The summed E-state index contributed by atoms with van der Waals surface area (Å²) in [5, 5.41) is 5.86. The molecule has 2 unspecified atom stereocenters. The third-order valence-corrected chi connectivity index (χ3v) is 8.44. The molecule has 0 bridgehead atoms. The number of rotatable bonds is 10. The van der Waals surface area contributed by atoms with E-state index in [0.717, 1.165) is 11.1 Å². The van der Waals surface area contributed by atoms with Crippen LogP contribution < -0.4 is 20.1 Å². The van der Waals surface area contributed by atoms with Crippen molar-refractivity contribution in [2.45, 2.75) is 50.6 Å². The monoisotopic (exact) mass is 587 g/mol. The Morgan fingerprint density at radius 1 is 1.05 bits per heavy atom. The third kappa shape index (κ3) is 5.75. The van der Waals surface area contributed by atoms with Crippen LogP contribution in [0.1, 0.15) is 43.1 Å². The first-order valence-electron chi connectivity index (χ1n) is 13.7. The van der Waals surface area contributed by atoms with Crippen molar-refractivity contribution >= 4 is 46.2 Å². The molecule has 0 aliphatic carbocycles. The first-order valence-corrected chi connectivity index (χ1v) is 14.6. The summed E-state index contributed by atoms with van der Waals surface area (Å²) in [4.78, 5) is 50.1. The molecule has 2 N–H and O–H groups in total. The Labute approximate surface area is 246 Å². The summed E-state index contributed by atoms with van der Waals surface area (Å²) >= 11 is 1.29. The van der Waals surface area contributed by atoms with Crippen LogP contribution in [0, 0.1) is 0 Å². The number of benzene rings is 2. The van der Waals surface area contributed by atoms with E-state index in [4.69, 9.17) is 18.9 Å². The Hall–Kier alpha value is -4.58.